The van der Waals surface area contributed by atoms with Gasteiger partial charge >= 0.3 is 12.1 Å². The van der Waals surface area contributed by atoms with Crippen molar-refractivity contribution >= 4 is 5.97 Å². The molecule has 14 heavy (non-hydrogen) atoms. The molecule has 84 valence electrons. The van der Waals surface area contributed by atoms with E-state index in [0.717, 1.165) is 11.9 Å². The molecule has 3 nitrogen and oxygen atoms in total. The summed E-state index contributed by atoms with van der Waals surface area (Å²) in [6.07, 6.45) is -4.25. The van der Waals surface area contributed by atoms with Gasteiger partial charge in [-0.1, -0.05) is 6.92 Å². The van der Waals surface area contributed by atoms with Gasteiger partial charge in [0.1, 0.15) is 5.54 Å². The molecule has 1 unspecified atom stereocenters. The average Bonchev–Trinajstić information content (AvgIpc) is 1.99. The van der Waals surface area contributed by atoms with E-state index in [2.05, 4.69) is 0 Å². The summed E-state index contributed by atoms with van der Waals surface area (Å²) in [7, 11) is 1.16. The molecule has 0 aliphatic rings. The van der Waals surface area contributed by atoms with Crippen LogP contribution in [0.1, 0.15) is 20.3 Å². The van der Waals surface area contributed by atoms with Crippen LogP contribution in [0, 0.1) is 0 Å². The monoisotopic (exact) mass is 213 g/mol. The predicted molar refractivity (Wildman–Crippen MR) is 45.0 cm³/mol. The van der Waals surface area contributed by atoms with E-state index in [-0.39, 0.29) is 6.42 Å². The molecule has 0 aromatic carbocycles. The lowest BCUT2D eigenvalue weighted by Crippen LogP contribution is -2.52. The maximum absolute atomic E-state index is 12.0. The third-order valence-electron chi connectivity index (χ3n) is 2.41. The van der Waals surface area contributed by atoms with E-state index < -0.39 is 24.2 Å². The Morgan fingerprint density at radius 2 is 1.86 bits per heavy atom. The molecule has 1 atom stereocenters. The topological polar surface area (TPSA) is 40.5 Å². The number of alkyl halides is 3. The third-order valence-corrected chi connectivity index (χ3v) is 2.41. The zero-order chi connectivity index (χ0) is 11.6. The number of hydrogen-bond donors (Lipinski definition) is 1. The predicted octanol–water partition coefficient (Wildman–Crippen LogP) is 1.73. The SMILES string of the molecule is CCC(C)(C(=O)O)N(C)CC(F)(F)F. The number of carbonyl (C=O) groups is 1. The van der Waals surface area contributed by atoms with Gasteiger partial charge < -0.3 is 5.11 Å². The molecule has 0 saturated carbocycles. The molecule has 0 aliphatic carbocycles. The van der Waals surface area contributed by atoms with Crippen molar-refractivity contribution in [3.8, 4) is 0 Å². The highest BCUT2D eigenvalue weighted by Gasteiger charge is 2.41. The van der Waals surface area contributed by atoms with Crippen LogP contribution < -0.4 is 0 Å². The molecular formula is C8H14F3NO2. The molecule has 0 saturated heterocycles. The van der Waals surface area contributed by atoms with Crippen molar-refractivity contribution in [1.82, 2.24) is 4.90 Å². The van der Waals surface area contributed by atoms with Crippen LogP contribution in [0.3, 0.4) is 0 Å². The Kier molecular flexibility index (Phi) is 3.93. The van der Waals surface area contributed by atoms with Crippen LogP contribution >= 0.6 is 0 Å². The molecule has 0 heterocycles. The molecule has 1 N–H and O–H groups in total. The van der Waals surface area contributed by atoms with E-state index in [0.29, 0.717) is 0 Å². The van der Waals surface area contributed by atoms with E-state index in [1.54, 1.807) is 6.92 Å². The Morgan fingerprint density at radius 3 is 2.07 bits per heavy atom. The first-order valence-electron chi connectivity index (χ1n) is 4.15. The van der Waals surface area contributed by atoms with Crippen molar-refractivity contribution in [1.29, 1.82) is 0 Å². The molecule has 0 fully saturated rings. The Balaban J connectivity index is 4.63. The Labute approximate surface area is 80.5 Å². The first-order valence-corrected chi connectivity index (χ1v) is 4.15. The second-order valence-electron chi connectivity index (χ2n) is 3.40. The van der Waals surface area contributed by atoms with Gasteiger partial charge in [0.25, 0.3) is 0 Å². The van der Waals surface area contributed by atoms with Crippen LogP contribution in [-0.4, -0.2) is 41.3 Å². The maximum atomic E-state index is 12.0. The highest BCUT2D eigenvalue weighted by Crippen LogP contribution is 2.23. The molecule has 0 bridgehead atoms. The van der Waals surface area contributed by atoms with Crippen molar-refractivity contribution in [2.75, 3.05) is 13.6 Å². The van der Waals surface area contributed by atoms with Crippen LogP contribution in [0.2, 0.25) is 0 Å². The lowest BCUT2D eigenvalue weighted by Gasteiger charge is -2.34. The maximum Gasteiger partial charge on any atom is 0.401 e. The summed E-state index contributed by atoms with van der Waals surface area (Å²) in [6.45, 7) is 1.60. The van der Waals surface area contributed by atoms with Crippen molar-refractivity contribution in [2.24, 2.45) is 0 Å². The number of carboxylic acids is 1. The van der Waals surface area contributed by atoms with Crippen molar-refractivity contribution < 1.29 is 23.1 Å². The lowest BCUT2D eigenvalue weighted by molar-refractivity contribution is -0.169. The van der Waals surface area contributed by atoms with Crippen LogP contribution in [0.25, 0.3) is 0 Å². The largest absolute Gasteiger partial charge is 0.480 e. The fourth-order valence-corrected chi connectivity index (χ4v) is 1.03. The fourth-order valence-electron chi connectivity index (χ4n) is 1.03. The lowest BCUT2D eigenvalue weighted by atomic mass is 9.97. The number of rotatable bonds is 4. The molecule has 0 aromatic rings. The summed E-state index contributed by atoms with van der Waals surface area (Å²) >= 11 is 0. The molecule has 0 amide bonds. The molecule has 0 aromatic heterocycles. The smallest absolute Gasteiger partial charge is 0.401 e. The second kappa shape index (κ2) is 4.16. The van der Waals surface area contributed by atoms with Gasteiger partial charge in [0.15, 0.2) is 0 Å². The number of carboxylic acid groups (broad SMARTS) is 1. The molecule has 0 rings (SSSR count). The van der Waals surface area contributed by atoms with Crippen molar-refractivity contribution in [3.63, 3.8) is 0 Å². The van der Waals surface area contributed by atoms with Gasteiger partial charge in [0.2, 0.25) is 0 Å². The minimum Gasteiger partial charge on any atom is -0.480 e. The highest BCUT2D eigenvalue weighted by molar-refractivity contribution is 5.78. The zero-order valence-corrected chi connectivity index (χ0v) is 8.35. The minimum absolute atomic E-state index is 0.120. The summed E-state index contributed by atoms with van der Waals surface area (Å²) < 4.78 is 36.0. The second-order valence-corrected chi connectivity index (χ2v) is 3.40. The summed E-state index contributed by atoms with van der Waals surface area (Å²) in [5.41, 5.74) is -1.46. The molecule has 0 aliphatic heterocycles. The van der Waals surface area contributed by atoms with Crippen LogP contribution in [0.4, 0.5) is 13.2 Å². The van der Waals surface area contributed by atoms with Gasteiger partial charge in [-0.3, -0.25) is 9.69 Å². The number of aliphatic carboxylic acids is 1. The van der Waals surface area contributed by atoms with E-state index in [4.69, 9.17) is 5.11 Å². The first kappa shape index (κ1) is 13.2. The van der Waals surface area contributed by atoms with Crippen LogP contribution in [0.5, 0.6) is 0 Å². The molecular weight excluding hydrogens is 199 g/mol. The van der Waals surface area contributed by atoms with Gasteiger partial charge in [-0.2, -0.15) is 13.2 Å². The third kappa shape index (κ3) is 3.17. The fraction of sp³-hybridized carbons (Fsp3) is 0.875. The van der Waals surface area contributed by atoms with E-state index in [1.807, 2.05) is 0 Å². The van der Waals surface area contributed by atoms with Gasteiger partial charge in [0, 0.05) is 0 Å². The Bertz CT molecular complexity index is 217. The van der Waals surface area contributed by atoms with Gasteiger partial charge in [-0.05, 0) is 20.4 Å². The summed E-state index contributed by atoms with van der Waals surface area (Å²) in [5.74, 6) is -1.24. The normalized spacial score (nSPS) is 16.8. The Hall–Kier alpha value is -0.780. The molecule has 0 radical (unpaired) electrons. The quantitative estimate of drug-likeness (QED) is 0.773. The highest BCUT2D eigenvalue weighted by atomic mass is 19.4. The number of nitrogens with zero attached hydrogens (tertiary/aromatic N) is 1. The standard InChI is InChI=1S/C8H14F3NO2/c1-4-7(2,6(13)14)12(3)5-8(9,10)11/h4-5H2,1-3H3,(H,13,14). The number of halogens is 3. The van der Waals surface area contributed by atoms with Crippen molar-refractivity contribution in [2.45, 2.75) is 32.0 Å². The zero-order valence-electron chi connectivity index (χ0n) is 8.35. The van der Waals surface area contributed by atoms with E-state index in [1.165, 1.54) is 6.92 Å². The summed E-state index contributed by atoms with van der Waals surface area (Å²) in [6, 6.07) is 0. The van der Waals surface area contributed by atoms with Crippen molar-refractivity contribution in [3.05, 3.63) is 0 Å². The van der Waals surface area contributed by atoms with E-state index >= 15 is 0 Å². The summed E-state index contributed by atoms with van der Waals surface area (Å²) in [4.78, 5) is 11.6. The molecule has 6 heteroatoms. The summed E-state index contributed by atoms with van der Waals surface area (Å²) in [5, 5.41) is 8.79. The minimum atomic E-state index is -4.37. The van der Waals surface area contributed by atoms with Gasteiger partial charge in [0.05, 0.1) is 6.54 Å². The van der Waals surface area contributed by atoms with Crippen LogP contribution in [-0.2, 0) is 4.79 Å². The number of hydrogen-bond acceptors (Lipinski definition) is 2. The molecule has 0 spiro atoms. The van der Waals surface area contributed by atoms with Gasteiger partial charge in [-0.25, -0.2) is 0 Å². The van der Waals surface area contributed by atoms with Crippen LogP contribution in [0.15, 0.2) is 0 Å². The van der Waals surface area contributed by atoms with Gasteiger partial charge in [-0.15, -0.1) is 0 Å². The Morgan fingerprint density at radius 1 is 1.43 bits per heavy atom. The first-order chi connectivity index (χ1) is 6.13. The average molecular weight is 213 g/mol. The van der Waals surface area contributed by atoms with E-state index in [9.17, 15) is 18.0 Å². The number of likely N-dealkylation sites (N-methyl/N-ethyl adjacent to an activating group) is 1.